The first-order valence-electron chi connectivity index (χ1n) is 9.63. The van der Waals surface area contributed by atoms with Crippen LogP contribution < -0.4 is 5.56 Å². The third-order valence-corrected chi connectivity index (χ3v) is 5.66. The van der Waals surface area contributed by atoms with Crippen LogP contribution >= 0.6 is 0 Å². The molecule has 4 rings (SSSR count). The van der Waals surface area contributed by atoms with Crippen LogP contribution in [0.15, 0.2) is 16.9 Å². The first-order chi connectivity index (χ1) is 12.6. The highest BCUT2D eigenvalue weighted by Gasteiger charge is 2.24. The molecule has 3 heterocycles. The largest absolute Gasteiger partial charge is 0.299 e. The van der Waals surface area contributed by atoms with Crippen molar-refractivity contribution in [2.24, 2.45) is 7.05 Å². The molecular weight excluding hydrogens is 328 g/mol. The van der Waals surface area contributed by atoms with E-state index in [1.165, 1.54) is 29.8 Å². The molecule has 0 amide bonds. The first kappa shape index (κ1) is 17.4. The van der Waals surface area contributed by atoms with Crippen molar-refractivity contribution >= 4 is 0 Å². The quantitative estimate of drug-likeness (QED) is 0.785. The predicted molar refractivity (Wildman–Crippen MR) is 100 cm³/mol. The molecule has 0 saturated carbocycles. The number of nitrogens with zero attached hydrogens (tertiary/aromatic N) is 6. The summed E-state index contributed by atoms with van der Waals surface area (Å²) in [4.78, 5) is 16.8. The van der Waals surface area contributed by atoms with Gasteiger partial charge in [-0.05, 0) is 37.8 Å². The maximum absolute atomic E-state index is 11.9. The molecule has 0 aromatic carbocycles. The van der Waals surface area contributed by atoms with Gasteiger partial charge in [-0.25, -0.2) is 4.68 Å². The molecule has 7 nitrogen and oxygen atoms in total. The predicted octanol–water partition coefficient (Wildman–Crippen LogP) is 0.592. The Hall–Kier alpha value is -1.99. The summed E-state index contributed by atoms with van der Waals surface area (Å²) in [7, 11) is 2.08. The first-order valence-corrected chi connectivity index (χ1v) is 9.63. The van der Waals surface area contributed by atoms with Crippen LogP contribution in [0.3, 0.4) is 0 Å². The van der Waals surface area contributed by atoms with Gasteiger partial charge in [-0.15, -0.1) is 0 Å². The molecule has 140 valence electrons. The third-order valence-electron chi connectivity index (χ3n) is 5.66. The van der Waals surface area contributed by atoms with Gasteiger partial charge >= 0.3 is 0 Å². The van der Waals surface area contributed by atoms with Crippen molar-refractivity contribution in [1.82, 2.24) is 29.4 Å². The molecule has 2 aromatic heterocycles. The van der Waals surface area contributed by atoms with Crippen molar-refractivity contribution in [2.45, 2.75) is 39.3 Å². The van der Waals surface area contributed by atoms with E-state index in [9.17, 15) is 4.79 Å². The lowest BCUT2D eigenvalue weighted by molar-refractivity contribution is 0.120. The van der Waals surface area contributed by atoms with E-state index in [2.05, 4.69) is 26.6 Å². The minimum Gasteiger partial charge on any atom is -0.299 e. The fourth-order valence-electron chi connectivity index (χ4n) is 4.11. The summed E-state index contributed by atoms with van der Waals surface area (Å²) in [5.74, 6) is 0. The summed E-state index contributed by atoms with van der Waals surface area (Å²) < 4.78 is 3.67. The SMILES string of the molecule is Cc1ccc(=O)n(CCN2CCN(Cc3c4c(nn3C)CCC4)CC2)n1. The van der Waals surface area contributed by atoms with Crippen molar-refractivity contribution in [1.29, 1.82) is 0 Å². The van der Waals surface area contributed by atoms with Crippen LogP contribution in [0.25, 0.3) is 0 Å². The fraction of sp³-hybridized carbons (Fsp3) is 0.632. The van der Waals surface area contributed by atoms with Crippen molar-refractivity contribution in [3.63, 3.8) is 0 Å². The molecular formula is C19H28N6O. The highest BCUT2D eigenvalue weighted by Crippen LogP contribution is 2.25. The third kappa shape index (κ3) is 3.59. The van der Waals surface area contributed by atoms with E-state index in [0.29, 0.717) is 6.54 Å². The molecule has 1 aliphatic heterocycles. The maximum atomic E-state index is 11.9. The molecule has 1 aliphatic carbocycles. The normalized spacial score (nSPS) is 18.4. The number of aryl methyl sites for hydroxylation is 3. The van der Waals surface area contributed by atoms with E-state index < -0.39 is 0 Å². The Labute approximate surface area is 154 Å². The molecule has 7 heteroatoms. The average molecular weight is 356 g/mol. The Morgan fingerprint density at radius 1 is 1.00 bits per heavy atom. The van der Waals surface area contributed by atoms with Crippen molar-refractivity contribution in [2.75, 3.05) is 32.7 Å². The van der Waals surface area contributed by atoms with Gasteiger partial charge in [0, 0.05) is 52.4 Å². The lowest BCUT2D eigenvalue weighted by Crippen LogP contribution is -2.47. The van der Waals surface area contributed by atoms with Gasteiger partial charge in [0.25, 0.3) is 5.56 Å². The van der Waals surface area contributed by atoms with Crippen LogP contribution in [0.1, 0.15) is 29.1 Å². The summed E-state index contributed by atoms with van der Waals surface area (Å²) >= 11 is 0. The van der Waals surface area contributed by atoms with Crippen molar-refractivity contribution in [3.8, 4) is 0 Å². The van der Waals surface area contributed by atoms with Crippen LogP contribution in [0.5, 0.6) is 0 Å². The van der Waals surface area contributed by atoms with E-state index in [0.717, 1.165) is 51.4 Å². The van der Waals surface area contributed by atoms with E-state index in [1.54, 1.807) is 16.8 Å². The summed E-state index contributed by atoms with van der Waals surface area (Å²) in [5, 5.41) is 9.01. The van der Waals surface area contributed by atoms with Gasteiger partial charge in [0.05, 0.1) is 23.6 Å². The maximum Gasteiger partial charge on any atom is 0.266 e. The minimum absolute atomic E-state index is 0.0145. The van der Waals surface area contributed by atoms with Gasteiger partial charge in [-0.3, -0.25) is 19.3 Å². The summed E-state index contributed by atoms with van der Waals surface area (Å²) in [5.41, 5.74) is 5.09. The molecule has 0 unspecified atom stereocenters. The van der Waals surface area contributed by atoms with Crippen LogP contribution in [0.2, 0.25) is 0 Å². The van der Waals surface area contributed by atoms with Gasteiger partial charge in [0.2, 0.25) is 0 Å². The number of fused-ring (bicyclic) bond motifs is 1. The molecule has 0 N–H and O–H groups in total. The second-order valence-electron chi connectivity index (χ2n) is 7.50. The molecule has 2 aromatic rings. The zero-order chi connectivity index (χ0) is 18.1. The zero-order valence-electron chi connectivity index (χ0n) is 15.8. The molecule has 0 radical (unpaired) electrons. The Morgan fingerprint density at radius 3 is 2.58 bits per heavy atom. The standard InChI is InChI=1S/C19H28N6O/c1-15-6-7-19(26)25(20-15)13-12-23-8-10-24(11-9-23)14-18-16-4-3-5-17(16)21-22(18)2/h6-7H,3-5,8-14H2,1-2H3. The topological polar surface area (TPSA) is 59.2 Å². The monoisotopic (exact) mass is 356 g/mol. The average Bonchev–Trinajstić information content (AvgIpc) is 3.19. The Kier molecular flexibility index (Phi) is 4.91. The van der Waals surface area contributed by atoms with E-state index in [1.807, 2.05) is 6.92 Å². The second-order valence-corrected chi connectivity index (χ2v) is 7.50. The van der Waals surface area contributed by atoms with Gasteiger partial charge in [-0.2, -0.15) is 10.2 Å². The molecule has 2 aliphatic rings. The van der Waals surface area contributed by atoms with Gasteiger partial charge in [0.1, 0.15) is 0 Å². The minimum atomic E-state index is -0.0145. The second kappa shape index (κ2) is 7.32. The lowest BCUT2D eigenvalue weighted by atomic mass is 10.2. The Balaban J connectivity index is 1.29. The number of piperazine rings is 1. The van der Waals surface area contributed by atoms with Crippen LogP contribution in [0, 0.1) is 6.92 Å². The molecule has 0 atom stereocenters. The highest BCUT2D eigenvalue weighted by molar-refractivity contribution is 5.30. The van der Waals surface area contributed by atoms with Gasteiger partial charge in [0.15, 0.2) is 0 Å². The number of rotatable bonds is 5. The molecule has 0 bridgehead atoms. The van der Waals surface area contributed by atoms with E-state index >= 15 is 0 Å². The molecule has 1 saturated heterocycles. The molecule has 0 spiro atoms. The van der Waals surface area contributed by atoms with E-state index in [4.69, 9.17) is 5.10 Å². The Morgan fingerprint density at radius 2 is 1.77 bits per heavy atom. The number of hydrogen-bond donors (Lipinski definition) is 0. The highest BCUT2D eigenvalue weighted by atomic mass is 16.1. The van der Waals surface area contributed by atoms with Gasteiger partial charge in [-0.1, -0.05) is 0 Å². The zero-order valence-corrected chi connectivity index (χ0v) is 15.8. The summed E-state index contributed by atoms with van der Waals surface area (Å²) in [6.45, 7) is 8.68. The molecule has 26 heavy (non-hydrogen) atoms. The fourth-order valence-corrected chi connectivity index (χ4v) is 4.11. The van der Waals surface area contributed by atoms with Crippen LogP contribution in [-0.4, -0.2) is 62.1 Å². The van der Waals surface area contributed by atoms with Crippen molar-refractivity contribution in [3.05, 3.63) is 45.1 Å². The number of aromatic nitrogens is 4. The smallest absolute Gasteiger partial charge is 0.266 e. The van der Waals surface area contributed by atoms with Crippen molar-refractivity contribution < 1.29 is 0 Å². The number of hydrogen-bond acceptors (Lipinski definition) is 5. The lowest BCUT2D eigenvalue weighted by Gasteiger charge is -2.34. The van der Waals surface area contributed by atoms with E-state index in [-0.39, 0.29) is 5.56 Å². The summed E-state index contributed by atoms with van der Waals surface area (Å²) in [6.07, 6.45) is 3.59. The van der Waals surface area contributed by atoms with Gasteiger partial charge < -0.3 is 0 Å². The van der Waals surface area contributed by atoms with Crippen LogP contribution in [-0.2, 0) is 33.0 Å². The molecule has 1 fully saturated rings. The van der Waals surface area contributed by atoms with Crippen LogP contribution in [0.4, 0.5) is 0 Å². The Bertz CT molecular complexity index is 831. The summed E-state index contributed by atoms with van der Waals surface area (Å²) in [6, 6.07) is 3.37.